The van der Waals surface area contributed by atoms with Crippen LogP contribution in [0.5, 0.6) is 0 Å². The summed E-state index contributed by atoms with van der Waals surface area (Å²) in [6, 6.07) is 7.99. The molecule has 0 aliphatic rings. The lowest BCUT2D eigenvalue weighted by Crippen LogP contribution is -2.20. The van der Waals surface area contributed by atoms with E-state index < -0.39 is 10.0 Å². The molecule has 19 heavy (non-hydrogen) atoms. The fourth-order valence-electron chi connectivity index (χ4n) is 1.65. The van der Waals surface area contributed by atoms with Crippen LogP contribution in [0.25, 0.3) is 5.69 Å². The van der Waals surface area contributed by atoms with Crippen molar-refractivity contribution in [3.05, 3.63) is 46.2 Å². The maximum atomic E-state index is 11.4. The van der Waals surface area contributed by atoms with E-state index in [1.165, 1.54) is 17.8 Å². The Balaban J connectivity index is 2.29. The molecule has 4 N–H and O–H groups in total. The molecule has 0 atom stereocenters. The minimum Gasteiger partial charge on any atom is -0.384 e. The molecule has 0 spiro atoms. The first-order valence-corrected chi connectivity index (χ1v) is 7.14. The van der Waals surface area contributed by atoms with Crippen molar-refractivity contribution < 1.29 is 8.42 Å². The molecule has 0 saturated carbocycles. The van der Waals surface area contributed by atoms with Crippen LogP contribution in [-0.4, -0.2) is 25.2 Å². The molecule has 0 bridgehead atoms. The maximum absolute atomic E-state index is 11.4. The third-order valence-corrected chi connectivity index (χ3v) is 3.96. The van der Waals surface area contributed by atoms with Gasteiger partial charge < -0.3 is 5.73 Å². The van der Waals surface area contributed by atoms with Gasteiger partial charge in [0.1, 0.15) is 5.82 Å². The lowest BCUT2D eigenvalue weighted by atomic mass is 10.2. The van der Waals surface area contributed by atoms with Gasteiger partial charge in [0, 0.05) is 6.07 Å². The maximum Gasteiger partial charge on any atom is 0.266 e. The molecular weight excluding hydrogens is 268 g/mol. The third-order valence-electron chi connectivity index (χ3n) is 2.62. The predicted octanol–water partition coefficient (Wildman–Crippen LogP) is -0.203. The molecular formula is C11H14N4O3S. The van der Waals surface area contributed by atoms with Crippen LogP contribution in [-0.2, 0) is 15.8 Å². The Kier molecular flexibility index (Phi) is 3.45. The Hall–Kier alpha value is -2.06. The second-order valence-electron chi connectivity index (χ2n) is 4.01. The van der Waals surface area contributed by atoms with Gasteiger partial charge in [-0.05, 0) is 24.7 Å². The molecule has 2 rings (SSSR count). The van der Waals surface area contributed by atoms with Gasteiger partial charge in [-0.15, -0.1) is 0 Å². The molecule has 0 unspecified atom stereocenters. The van der Waals surface area contributed by atoms with Crippen molar-refractivity contribution in [1.82, 2.24) is 14.5 Å². The summed E-state index contributed by atoms with van der Waals surface area (Å²) in [5, 5.41) is 2.55. The number of rotatable bonds is 4. The highest BCUT2D eigenvalue weighted by Crippen LogP contribution is 2.13. The van der Waals surface area contributed by atoms with Crippen LogP contribution in [0, 0.1) is 0 Å². The van der Waals surface area contributed by atoms with Crippen molar-refractivity contribution in [3.63, 3.8) is 0 Å². The SMILES string of the molecule is CNS(=O)(=O)Cc1ccc(-n2[nH]c(=O)cc2N)cc1. The van der Waals surface area contributed by atoms with Crippen molar-refractivity contribution in [2.75, 3.05) is 12.8 Å². The molecule has 0 fully saturated rings. The zero-order valence-electron chi connectivity index (χ0n) is 10.3. The largest absolute Gasteiger partial charge is 0.384 e. The number of nitrogens with two attached hydrogens (primary N) is 1. The number of nitrogens with zero attached hydrogens (tertiary/aromatic N) is 1. The normalized spacial score (nSPS) is 11.6. The van der Waals surface area contributed by atoms with Crippen LogP contribution < -0.4 is 16.0 Å². The van der Waals surface area contributed by atoms with Gasteiger partial charge in [-0.1, -0.05) is 12.1 Å². The molecule has 8 heteroatoms. The highest BCUT2D eigenvalue weighted by molar-refractivity contribution is 7.88. The summed E-state index contributed by atoms with van der Waals surface area (Å²) < 4.78 is 26.5. The van der Waals surface area contributed by atoms with Gasteiger partial charge in [-0.3, -0.25) is 9.89 Å². The Labute approximate surface area is 110 Å². The Morgan fingerprint density at radius 2 is 1.95 bits per heavy atom. The van der Waals surface area contributed by atoms with E-state index in [4.69, 9.17) is 5.73 Å². The van der Waals surface area contributed by atoms with Gasteiger partial charge >= 0.3 is 0 Å². The molecule has 0 aliphatic carbocycles. The van der Waals surface area contributed by atoms with Crippen LogP contribution in [0.3, 0.4) is 0 Å². The summed E-state index contributed by atoms with van der Waals surface area (Å²) in [4.78, 5) is 11.1. The number of aromatic amines is 1. The fraction of sp³-hybridized carbons (Fsp3) is 0.182. The van der Waals surface area contributed by atoms with E-state index in [0.29, 0.717) is 17.1 Å². The van der Waals surface area contributed by atoms with E-state index in [0.717, 1.165) is 0 Å². The van der Waals surface area contributed by atoms with Gasteiger partial charge in [0.05, 0.1) is 11.4 Å². The average molecular weight is 282 g/mol. The van der Waals surface area contributed by atoms with Crippen molar-refractivity contribution in [1.29, 1.82) is 0 Å². The summed E-state index contributed by atoms with van der Waals surface area (Å²) in [7, 11) is -1.92. The molecule has 1 aromatic heterocycles. The smallest absolute Gasteiger partial charge is 0.266 e. The second-order valence-corrected chi connectivity index (χ2v) is 5.94. The summed E-state index contributed by atoms with van der Waals surface area (Å²) in [5.74, 6) is 0.196. The number of nitrogen functional groups attached to an aromatic ring is 1. The summed E-state index contributed by atoms with van der Waals surface area (Å²) in [6.45, 7) is 0. The number of sulfonamides is 1. The lowest BCUT2D eigenvalue weighted by molar-refractivity contribution is 0.587. The van der Waals surface area contributed by atoms with Crippen molar-refractivity contribution in [3.8, 4) is 5.69 Å². The van der Waals surface area contributed by atoms with Crippen molar-refractivity contribution >= 4 is 15.8 Å². The quantitative estimate of drug-likeness (QED) is 0.721. The minimum atomic E-state index is -3.29. The van der Waals surface area contributed by atoms with E-state index in [1.54, 1.807) is 24.3 Å². The number of hydrogen-bond acceptors (Lipinski definition) is 4. The number of H-pyrrole nitrogens is 1. The number of aromatic nitrogens is 2. The molecule has 0 aliphatic heterocycles. The van der Waals surface area contributed by atoms with Crippen LogP contribution in [0.4, 0.5) is 5.82 Å². The van der Waals surface area contributed by atoms with E-state index >= 15 is 0 Å². The molecule has 7 nitrogen and oxygen atoms in total. The van der Waals surface area contributed by atoms with Crippen LogP contribution in [0.2, 0.25) is 0 Å². The zero-order valence-corrected chi connectivity index (χ0v) is 11.1. The molecule has 102 valence electrons. The monoisotopic (exact) mass is 282 g/mol. The molecule has 1 heterocycles. The highest BCUT2D eigenvalue weighted by Gasteiger charge is 2.09. The summed E-state index contributed by atoms with van der Waals surface area (Å²) in [5.41, 5.74) is 6.67. The molecule has 0 saturated heterocycles. The average Bonchev–Trinajstić information content (AvgIpc) is 2.69. The predicted molar refractivity (Wildman–Crippen MR) is 72.5 cm³/mol. The van der Waals surface area contributed by atoms with Crippen molar-refractivity contribution in [2.45, 2.75) is 5.75 Å². The van der Waals surface area contributed by atoms with Crippen LogP contribution in [0.15, 0.2) is 35.1 Å². The second kappa shape index (κ2) is 4.90. The first-order valence-electron chi connectivity index (χ1n) is 5.49. The van der Waals surface area contributed by atoms with E-state index in [9.17, 15) is 13.2 Å². The Bertz CT molecular complexity index is 728. The molecule has 0 radical (unpaired) electrons. The van der Waals surface area contributed by atoms with E-state index in [-0.39, 0.29) is 11.3 Å². The van der Waals surface area contributed by atoms with E-state index in [1.807, 2.05) is 0 Å². The summed E-state index contributed by atoms with van der Waals surface area (Å²) in [6.07, 6.45) is 0. The Morgan fingerprint density at radius 1 is 1.32 bits per heavy atom. The van der Waals surface area contributed by atoms with Crippen molar-refractivity contribution in [2.24, 2.45) is 0 Å². The van der Waals surface area contributed by atoms with Gasteiger partial charge in [-0.25, -0.2) is 17.8 Å². The standard InChI is InChI=1S/C11H14N4O3S/c1-13-19(17,18)7-8-2-4-9(5-3-8)15-10(12)6-11(16)14-15/h2-6,13H,7,12H2,1H3,(H,14,16). The first kappa shape index (κ1) is 13.4. The topological polar surface area (TPSA) is 110 Å². The highest BCUT2D eigenvalue weighted by atomic mass is 32.2. The van der Waals surface area contributed by atoms with Crippen LogP contribution >= 0.6 is 0 Å². The summed E-state index contributed by atoms with van der Waals surface area (Å²) >= 11 is 0. The van der Waals surface area contributed by atoms with Gasteiger partial charge in [0.2, 0.25) is 10.0 Å². The van der Waals surface area contributed by atoms with E-state index in [2.05, 4.69) is 9.82 Å². The lowest BCUT2D eigenvalue weighted by Gasteiger charge is -2.07. The van der Waals surface area contributed by atoms with Gasteiger partial charge in [-0.2, -0.15) is 0 Å². The third kappa shape index (κ3) is 3.04. The number of hydrogen-bond donors (Lipinski definition) is 3. The Morgan fingerprint density at radius 3 is 2.42 bits per heavy atom. The minimum absolute atomic E-state index is 0.0958. The zero-order chi connectivity index (χ0) is 14.0. The van der Waals surface area contributed by atoms with Gasteiger partial charge in [0.25, 0.3) is 5.56 Å². The number of nitrogens with one attached hydrogen (secondary N) is 2. The fourth-order valence-corrected chi connectivity index (χ4v) is 2.43. The van der Waals surface area contributed by atoms with Crippen LogP contribution in [0.1, 0.15) is 5.56 Å². The number of anilines is 1. The molecule has 2 aromatic rings. The first-order chi connectivity index (χ1) is 8.91. The van der Waals surface area contributed by atoms with Gasteiger partial charge in [0.15, 0.2) is 0 Å². The number of benzene rings is 1. The molecule has 0 amide bonds. The molecule has 1 aromatic carbocycles.